The molecule has 1 aliphatic heterocycles. The zero-order chi connectivity index (χ0) is 14.3. The molecule has 1 rings (SSSR count). The van der Waals surface area contributed by atoms with Gasteiger partial charge in [0.1, 0.15) is 0 Å². The van der Waals surface area contributed by atoms with Crippen LogP contribution in [0.25, 0.3) is 0 Å². The Hall–Kier alpha value is -0.120. The minimum Gasteiger partial charge on any atom is -0.319 e. The van der Waals surface area contributed by atoms with E-state index in [1.165, 1.54) is 51.9 Å². The molecule has 0 saturated carbocycles. The van der Waals surface area contributed by atoms with Crippen LogP contribution in [0.4, 0.5) is 0 Å². The first kappa shape index (κ1) is 16.9. The second-order valence-corrected chi connectivity index (χ2v) is 6.32. The fourth-order valence-corrected chi connectivity index (χ4v) is 3.49. The molecule has 0 unspecified atom stereocenters. The number of rotatable bonds is 8. The van der Waals surface area contributed by atoms with Crippen LogP contribution in [-0.2, 0) is 0 Å². The number of nitrogens with one attached hydrogen (secondary N) is 1. The third-order valence-corrected chi connectivity index (χ3v) is 5.26. The minimum absolute atomic E-state index is 0.450. The molecule has 0 aromatic rings. The summed E-state index contributed by atoms with van der Waals surface area (Å²) in [5.74, 6) is 0. The van der Waals surface area contributed by atoms with Crippen molar-refractivity contribution in [1.82, 2.24) is 15.1 Å². The molecule has 1 saturated heterocycles. The van der Waals surface area contributed by atoms with Gasteiger partial charge in [0, 0.05) is 19.1 Å². The van der Waals surface area contributed by atoms with E-state index >= 15 is 0 Å². The third-order valence-electron chi connectivity index (χ3n) is 5.26. The van der Waals surface area contributed by atoms with Crippen molar-refractivity contribution in [3.05, 3.63) is 0 Å². The van der Waals surface area contributed by atoms with E-state index < -0.39 is 0 Å². The predicted octanol–water partition coefficient (Wildman–Crippen LogP) is 2.43. The van der Waals surface area contributed by atoms with Gasteiger partial charge in [0.05, 0.1) is 0 Å². The van der Waals surface area contributed by atoms with Crippen LogP contribution >= 0.6 is 0 Å². The molecule has 19 heavy (non-hydrogen) atoms. The Kier molecular flexibility index (Phi) is 7.33. The molecule has 0 amide bonds. The maximum absolute atomic E-state index is 3.40. The summed E-state index contributed by atoms with van der Waals surface area (Å²) >= 11 is 0. The van der Waals surface area contributed by atoms with Crippen molar-refractivity contribution < 1.29 is 0 Å². The van der Waals surface area contributed by atoms with Gasteiger partial charge in [0.25, 0.3) is 0 Å². The second kappa shape index (κ2) is 8.23. The Bertz CT molecular complexity index is 230. The number of likely N-dealkylation sites (tertiary alicyclic amines) is 1. The van der Waals surface area contributed by atoms with E-state index in [9.17, 15) is 0 Å². The lowest BCUT2D eigenvalue weighted by molar-refractivity contribution is 0.0817. The first-order chi connectivity index (χ1) is 9.10. The molecule has 1 heterocycles. The van der Waals surface area contributed by atoms with Crippen LogP contribution in [0, 0.1) is 5.41 Å². The highest BCUT2D eigenvalue weighted by Crippen LogP contribution is 2.28. The van der Waals surface area contributed by atoms with Crippen molar-refractivity contribution in [1.29, 1.82) is 0 Å². The van der Waals surface area contributed by atoms with Crippen molar-refractivity contribution in [3.63, 3.8) is 0 Å². The van der Waals surface area contributed by atoms with Crippen LogP contribution in [-0.4, -0.2) is 62.7 Å². The lowest BCUT2D eigenvalue weighted by Crippen LogP contribution is -2.48. The summed E-state index contributed by atoms with van der Waals surface area (Å²) in [4.78, 5) is 5.21. The maximum atomic E-state index is 3.40. The molecule has 0 aliphatic carbocycles. The Labute approximate surface area is 120 Å². The van der Waals surface area contributed by atoms with Crippen molar-refractivity contribution in [2.75, 3.05) is 46.8 Å². The summed E-state index contributed by atoms with van der Waals surface area (Å²) < 4.78 is 0. The number of hydrogen-bond acceptors (Lipinski definition) is 3. The molecule has 1 fully saturated rings. The second-order valence-electron chi connectivity index (χ2n) is 6.32. The zero-order valence-corrected chi connectivity index (χ0v) is 13.8. The topological polar surface area (TPSA) is 18.5 Å². The SMILES string of the molecule is CCN1CCC(N(C)CC(CC)(CC)CNC)CC1. The van der Waals surface area contributed by atoms with Crippen LogP contribution < -0.4 is 5.32 Å². The molecule has 1 aliphatic rings. The average molecular weight is 269 g/mol. The van der Waals surface area contributed by atoms with Crippen molar-refractivity contribution in [2.24, 2.45) is 5.41 Å². The molecule has 0 bridgehead atoms. The average Bonchev–Trinajstić information content (AvgIpc) is 2.46. The summed E-state index contributed by atoms with van der Waals surface area (Å²) in [7, 11) is 4.42. The Morgan fingerprint density at radius 3 is 2.16 bits per heavy atom. The summed E-state index contributed by atoms with van der Waals surface area (Å²) in [5.41, 5.74) is 0.450. The van der Waals surface area contributed by atoms with Crippen LogP contribution in [0.3, 0.4) is 0 Å². The molecule has 0 aromatic carbocycles. The summed E-state index contributed by atoms with van der Waals surface area (Å²) in [5, 5.41) is 3.40. The minimum atomic E-state index is 0.450. The van der Waals surface area contributed by atoms with Gasteiger partial charge in [-0.05, 0) is 64.8 Å². The highest BCUT2D eigenvalue weighted by atomic mass is 15.2. The molecule has 0 atom stereocenters. The lowest BCUT2D eigenvalue weighted by atomic mass is 9.81. The molecule has 3 heteroatoms. The zero-order valence-electron chi connectivity index (χ0n) is 13.8. The highest BCUT2D eigenvalue weighted by Gasteiger charge is 2.30. The van der Waals surface area contributed by atoms with E-state index in [2.05, 4.69) is 50.0 Å². The van der Waals surface area contributed by atoms with Crippen molar-refractivity contribution in [3.8, 4) is 0 Å². The van der Waals surface area contributed by atoms with Crippen LogP contribution in [0.15, 0.2) is 0 Å². The number of nitrogens with zero attached hydrogens (tertiary/aromatic N) is 2. The van der Waals surface area contributed by atoms with Gasteiger partial charge in [-0.3, -0.25) is 0 Å². The lowest BCUT2D eigenvalue weighted by Gasteiger charge is -2.42. The molecule has 1 N–H and O–H groups in total. The monoisotopic (exact) mass is 269 g/mol. The van der Waals surface area contributed by atoms with Crippen LogP contribution in [0.5, 0.6) is 0 Å². The van der Waals surface area contributed by atoms with Gasteiger partial charge in [0.15, 0.2) is 0 Å². The van der Waals surface area contributed by atoms with Gasteiger partial charge >= 0.3 is 0 Å². The van der Waals surface area contributed by atoms with Crippen molar-refractivity contribution >= 4 is 0 Å². The van der Waals surface area contributed by atoms with Crippen LogP contribution in [0.2, 0.25) is 0 Å². The van der Waals surface area contributed by atoms with Gasteiger partial charge in [-0.25, -0.2) is 0 Å². The largest absolute Gasteiger partial charge is 0.319 e. The van der Waals surface area contributed by atoms with E-state index in [0.717, 1.165) is 12.6 Å². The summed E-state index contributed by atoms with van der Waals surface area (Å²) in [6, 6.07) is 0.789. The van der Waals surface area contributed by atoms with E-state index in [0.29, 0.717) is 5.41 Å². The summed E-state index contributed by atoms with van der Waals surface area (Å²) in [6.45, 7) is 13.1. The van der Waals surface area contributed by atoms with E-state index in [1.807, 2.05) is 0 Å². The highest BCUT2D eigenvalue weighted by molar-refractivity contribution is 4.86. The smallest absolute Gasteiger partial charge is 0.0117 e. The Morgan fingerprint density at radius 2 is 1.74 bits per heavy atom. The Morgan fingerprint density at radius 1 is 1.16 bits per heavy atom. The first-order valence-electron chi connectivity index (χ1n) is 8.18. The van der Waals surface area contributed by atoms with Gasteiger partial charge in [-0.2, -0.15) is 0 Å². The molecular formula is C16H35N3. The first-order valence-corrected chi connectivity index (χ1v) is 8.18. The van der Waals surface area contributed by atoms with Gasteiger partial charge in [-0.15, -0.1) is 0 Å². The Balaban J connectivity index is 2.50. The predicted molar refractivity (Wildman–Crippen MR) is 84.7 cm³/mol. The van der Waals surface area contributed by atoms with Gasteiger partial charge in [0.2, 0.25) is 0 Å². The van der Waals surface area contributed by atoms with E-state index in [-0.39, 0.29) is 0 Å². The van der Waals surface area contributed by atoms with Gasteiger partial charge < -0.3 is 15.1 Å². The molecule has 0 aromatic heterocycles. The van der Waals surface area contributed by atoms with Crippen molar-refractivity contribution in [2.45, 2.75) is 52.5 Å². The fourth-order valence-electron chi connectivity index (χ4n) is 3.49. The maximum Gasteiger partial charge on any atom is 0.0117 e. The summed E-state index contributed by atoms with van der Waals surface area (Å²) in [6.07, 6.45) is 5.21. The third kappa shape index (κ3) is 4.73. The fraction of sp³-hybridized carbons (Fsp3) is 1.00. The van der Waals surface area contributed by atoms with Crippen LogP contribution in [0.1, 0.15) is 46.5 Å². The molecule has 0 radical (unpaired) electrons. The molecule has 3 nitrogen and oxygen atoms in total. The quantitative estimate of drug-likeness (QED) is 0.730. The molecule has 0 spiro atoms. The van der Waals surface area contributed by atoms with E-state index in [4.69, 9.17) is 0 Å². The number of piperidine rings is 1. The number of hydrogen-bond donors (Lipinski definition) is 1. The standard InChI is InChI=1S/C16H35N3/c1-6-16(7-2,13-17-4)14-18(5)15-9-11-19(8-3)12-10-15/h15,17H,6-14H2,1-5H3. The molecule has 114 valence electrons. The molecular weight excluding hydrogens is 234 g/mol. The normalized spacial score (nSPS) is 19.3. The van der Waals surface area contributed by atoms with E-state index in [1.54, 1.807) is 0 Å². The van der Waals surface area contributed by atoms with Gasteiger partial charge in [-0.1, -0.05) is 20.8 Å².